The number of anilines is 1. The van der Waals surface area contributed by atoms with Crippen molar-refractivity contribution < 1.29 is 13.9 Å². The summed E-state index contributed by atoms with van der Waals surface area (Å²) in [6.07, 6.45) is 4.77. The minimum atomic E-state index is -0.246. The molecule has 1 N–H and O–H groups in total. The first-order valence-electron chi connectivity index (χ1n) is 11.2. The predicted octanol–water partition coefficient (Wildman–Crippen LogP) is 2.34. The Morgan fingerprint density at radius 1 is 1.12 bits per heavy atom. The van der Waals surface area contributed by atoms with Crippen LogP contribution in [0.15, 0.2) is 42.7 Å². The molecule has 5 rings (SSSR count). The molecule has 0 saturated carbocycles. The Hall–Kier alpha value is -3.07. The minimum absolute atomic E-state index is 0.0185. The van der Waals surface area contributed by atoms with Crippen molar-refractivity contribution in [2.75, 3.05) is 37.7 Å². The highest BCUT2D eigenvalue weighted by Gasteiger charge is 2.36. The van der Waals surface area contributed by atoms with Crippen LogP contribution in [0, 0.1) is 11.7 Å². The highest BCUT2D eigenvalue weighted by molar-refractivity contribution is 5.79. The standard InChI is InChI=1S/C23H27FN6O2/c24-19-3-1-18(2-4-19)23(9-13-32-14-10-23)15-25-22(31)17-7-11-29(12-8-17)21-6-5-20-27-26-16-30(20)28-21/h1-6,16-17H,7-15H2,(H,25,31). The van der Waals surface area contributed by atoms with Crippen molar-refractivity contribution in [3.8, 4) is 0 Å². The molecule has 0 radical (unpaired) electrons. The van der Waals surface area contributed by atoms with Crippen molar-refractivity contribution in [3.05, 3.63) is 54.1 Å². The van der Waals surface area contributed by atoms with Crippen LogP contribution in [-0.2, 0) is 14.9 Å². The van der Waals surface area contributed by atoms with Crippen molar-refractivity contribution in [2.45, 2.75) is 31.1 Å². The number of fused-ring (bicyclic) bond motifs is 1. The molecule has 9 heteroatoms. The molecule has 1 aromatic carbocycles. The highest BCUT2D eigenvalue weighted by atomic mass is 19.1. The SMILES string of the molecule is O=C(NCC1(c2ccc(F)cc2)CCOCC1)C1CCN(c2ccc3nncn3n2)CC1. The molecule has 2 saturated heterocycles. The molecule has 8 nitrogen and oxygen atoms in total. The number of ether oxygens (including phenoxy) is 1. The number of nitrogens with zero attached hydrogens (tertiary/aromatic N) is 5. The summed E-state index contributed by atoms with van der Waals surface area (Å²) >= 11 is 0. The maximum atomic E-state index is 13.4. The molecule has 32 heavy (non-hydrogen) atoms. The number of nitrogens with one attached hydrogen (secondary N) is 1. The van der Waals surface area contributed by atoms with Gasteiger partial charge in [0.15, 0.2) is 5.65 Å². The van der Waals surface area contributed by atoms with E-state index < -0.39 is 0 Å². The third-order valence-electron chi connectivity index (χ3n) is 6.84. The maximum absolute atomic E-state index is 13.4. The van der Waals surface area contributed by atoms with Crippen molar-refractivity contribution >= 4 is 17.4 Å². The van der Waals surface area contributed by atoms with Gasteiger partial charge in [0.05, 0.1) is 0 Å². The van der Waals surface area contributed by atoms with Crippen LogP contribution in [0.2, 0.25) is 0 Å². The smallest absolute Gasteiger partial charge is 0.223 e. The average molecular weight is 439 g/mol. The van der Waals surface area contributed by atoms with Crippen molar-refractivity contribution in [1.82, 2.24) is 25.1 Å². The number of aromatic nitrogens is 4. The quantitative estimate of drug-likeness (QED) is 0.658. The second kappa shape index (κ2) is 8.82. The van der Waals surface area contributed by atoms with Crippen LogP contribution in [0.25, 0.3) is 5.65 Å². The largest absolute Gasteiger partial charge is 0.381 e. The number of carbonyl (C=O) groups excluding carboxylic acids is 1. The van der Waals surface area contributed by atoms with Gasteiger partial charge in [0.1, 0.15) is 18.0 Å². The van der Waals surface area contributed by atoms with Gasteiger partial charge in [0.25, 0.3) is 0 Å². The molecule has 0 aliphatic carbocycles. The zero-order chi connectivity index (χ0) is 22.0. The molecular weight excluding hydrogens is 411 g/mol. The van der Waals surface area contributed by atoms with Crippen LogP contribution < -0.4 is 10.2 Å². The van der Waals surface area contributed by atoms with Gasteiger partial charge in [0, 0.05) is 44.2 Å². The third-order valence-corrected chi connectivity index (χ3v) is 6.84. The fourth-order valence-corrected chi connectivity index (χ4v) is 4.79. The number of hydrogen-bond acceptors (Lipinski definition) is 6. The summed E-state index contributed by atoms with van der Waals surface area (Å²) in [6, 6.07) is 10.5. The van der Waals surface area contributed by atoms with E-state index in [0.29, 0.717) is 25.4 Å². The number of benzene rings is 1. The Labute approximate surface area is 185 Å². The summed E-state index contributed by atoms with van der Waals surface area (Å²) in [6.45, 7) is 3.39. The molecule has 0 spiro atoms. The monoisotopic (exact) mass is 438 g/mol. The Morgan fingerprint density at radius 3 is 2.62 bits per heavy atom. The zero-order valence-electron chi connectivity index (χ0n) is 17.9. The van der Waals surface area contributed by atoms with Crippen molar-refractivity contribution in [2.24, 2.45) is 5.92 Å². The van der Waals surface area contributed by atoms with Gasteiger partial charge in [-0.1, -0.05) is 12.1 Å². The molecule has 2 aliphatic rings. The van der Waals surface area contributed by atoms with E-state index in [-0.39, 0.29) is 23.1 Å². The summed E-state index contributed by atoms with van der Waals surface area (Å²) in [5.74, 6) is 0.702. The van der Waals surface area contributed by atoms with Crippen LogP contribution in [0.5, 0.6) is 0 Å². The minimum Gasteiger partial charge on any atom is -0.381 e. The van der Waals surface area contributed by atoms with Gasteiger partial charge in [-0.3, -0.25) is 4.79 Å². The van der Waals surface area contributed by atoms with Crippen LogP contribution in [0.3, 0.4) is 0 Å². The molecular formula is C23H27FN6O2. The number of amides is 1. The average Bonchev–Trinajstić information content (AvgIpc) is 3.32. The molecule has 1 amide bonds. The lowest BCUT2D eigenvalue weighted by atomic mass is 9.74. The van der Waals surface area contributed by atoms with Crippen LogP contribution in [0.4, 0.5) is 10.2 Å². The molecule has 3 aromatic rings. The summed E-state index contributed by atoms with van der Waals surface area (Å²) in [5.41, 5.74) is 1.57. The Kier molecular flexibility index (Phi) is 5.73. The first-order valence-corrected chi connectivity index (χ1v) is 11.2. The van der Waals surface area contributed by atoms with Gasteiger partial charge in [-0.15, -0.1) is 15.3 Å². The molecule has 2 aliphatic heterocycles. The van der Waals surface area contributed by atoms with Crippen LogP contribution >= 0.6 is 0 Å². The number of hydrogen-bond donors (Lipinski definition) is 1. The molecule has 2 aromatic heterocycles. The number of carbonyl (C=O) groups is 1. The molecule has 4 heterocycles. The van der Waals surface area contributed by atoms with E-state index in [1.807, 2.05) is 24.3 Å². The fourth-order valence-electron chi connectivity index (χ4n) is 4.79. The van der Waals surface area contributed by atoms with Crippen molar-refractivity contribution in [1.29, 1.82) is 0 Å². The number of halogens is 1. The molecule has 168 valence electrons. The van der Waals surface area contributed by atoms with Gasteiger partial charge in [-0.25, -0.2) is 4.39 Å². The summed E-state index contributed by atoms with van der Waals surface area (Å²) < 4.78 is 20.7. The van der Waals surface area contributed by atoms with Gasteiger partial charge in [-0.05, 0) is 55.5 Å². The Balaban J connectivity index is 1.20. The molecule has 0 bridgehead atoms. The lowest BCUT2D eigenvalue weighted by molar-refractivity contribution is -0.126. The highest BCUT2D eigenvalue weighted by Crippen LogP contribution is 2.34. The normalized spacial score (nSPS) is 19.2. The van der Waals surface area contributed by atoms with Crippen molar-refractivity contribution in [3.63, 3.8) is 0 Å². The topological polar surface area (TPSA) is 84.6 Å². The number of rotatable bonds is 5. The Morgan fingerprint density at radius 2 is 1.88 bits per heavy atom. The first-order chi connectivity index (χ1) is 15.6. The lowest BCUT2D eigenvalue weighted by Gasteiger charge is -2.39. The first kappa shape index (κ1) is 20.8. The second-order valence-corrected chi connectivity index (χ2v) is 8.70. The van der Waals surface area contributed by atoms with Crippen LogP contribution in [0.1, 0.15) is 31.2 Å². The van der Waals surface area contributed by atoms with Gasteiger partial charge >= 0.3 is 0 Å². The van der Waals surface area contributed by atoms with Gasteiger partial charge < -0.3 is 15.0 Å². The molecule has 2 fully saturated rings. The van der Waals surface area contributed by atoms with Gasteiger partial charge in [-0.2, -0.15) is 4.52 Å². The van der Waals surface area contributed by atoms with E-state index in [2.05, 4.69) is 25.5 Å². The van der Waals surface area contributed by atoms with E-state index in [1.165, 1.54) is 12.1 Å². The molecule has 0 atom stereocenters. The summed E-state index contributed by atoms with van der Waals surface area (Å²) in [4.78, 5) is 15.2. The maximum Gasteiger partial charge on any atom is 0.223 e. The van der Waals surface area contributed by atoms with E-state index in [0.717, 1.165) is 50.2 Å². The third kappa shape index (κ3) is 4.17. The van der Waals surface area contributed by atoms with Gasteiger partial charge in [0.2, 0.25) is 5.91 Å². The van der Waals surface area contributed by atoms with E-state index in [4.69, 9.17) is 4.74 Å². The van der Waals surface area contributed by atoms with E-state index >= 15 is 0 Å². The fraction of sp³-hybridized carbons (Fsp3) is 0.478. The summed E-state index contributed by atoms with van der Waals surface area (Å²) in [7, 11) is 0. The second-order valence-electron chi connectivity index (χ2n) is 8.70. The summed E-state index contributed by atoms with van der Waals surface area (Å²) in [5, 5.41) is 15.6. The zero-order valence-corrected chi connectivity index (χ0v) is 17.9. The van der Waals surface area contributed by atoms with Crippen LogP contribution in [-0.4, -0.2) is 58.6 Å². The van der Waals surface area contributed by atoms with E-state index in [9.17, 15) is 9.18 Å². The predicted molar refractivity (Wildman–Crippen MR) is 117 cm³/mol. The Bertz CT molecular complexity index is 1070. The molecule has 0 unspecified atom stereocenters. The lowest BCUT2D eigenvalue weighted by Crippen LogP contribution is -2.47. The van der Waals surface area contributed by atoms with E-state index in [1.54, 1.807) is 10.8 Å². The number of piperidine rings is 1.